The van der Waals surface area contributed by atoms with Crippen molar-refractivity contribution >= 4 is 29.3 Å². The highest BCUT2D eigenvalue weighted by atomic mass is 32.1. The molecule has 3 aromatic rings. The lowest BCUT2D eigenvalue weighted by molar-refractivity contribution is -0.141. The van der Waals surface area contributed by atoms with Gasteiger partial charge in [-0.1, -0.05) is 54.6 Å². The molecule has 0 bridgehead atoms. The van der Waals surface area contributed by atoms with Crippen molar-refractivity contribution in [3.05, 3.63) is 82.0 Å². The molecule has 2 aromatic carbocycles. The van der Waals surface area contributed by atoms with E-state index < -0.39 is 30.1 Å². The molecular weight excluding hydrogens is 428 g/mol. The zero-order valence-electron chi connectivity index (χ0n) is 17.3. The highest BCUT2D eigenvalue weighted by Crippen LogP contribution is 2.44. The first kappa shape index (κ1) is 21.6. The maximum atomic E-state index is 12.6. The second kappa shape index (κ2) is 9.23. The van der Waals surface area contributed by atoms with Crippen LogP contribution in [0.5, 0.6) is 0 Å². The minimum absolute atomic E-state index is 0.103. The molecule has 32 heavy (non-hydrogen) atoms. The average Bonchev–Trinajstić information content (AvgIpc) is 3.42. The molecule has 2 amide bonds. The smallest absolute Gasteiger partial charge is 0.408 e. The maximum absolute atomic E-state index is 12.6. The van der Waals surface area contributed by atoms with Crippen LogP contribution in [0.25, 0.3) is 11.1 Å². The molecule has 1 heterocycles. The summed E-state index contributed by atoms with van der Waals surface area (Å²) in [5.41, 5.74) is 4.42. The van der Waals surface area contributed by atoms with E-state index in [0.717, 1.165) is 22.3 Å². The molecule has 164 valence electrons. The Labute approximate surface area is 189 Å². The lowest BCUT2D eigenvalue weighted by atomic mass is 9.98. The second-order valence-electron chi connectivity index (χ2n) is 7.49. The number of fused-ring (bicyclic) bond motifs is 3. The van der Waals surface area contributed by atoms with Gasteiger partial charge < -0.3 is 20.5 Å². The number of ether oxygens (including phenoxy) is 1. The van der Waals surface area contributed by atoms with Crippen LogP contribution in [-0.2, 0) is 14.3 Å². The minimum Gasteiger partial charge on any atom is -0.480 e. The fraction of sp³-hybridized carbons (Fsp3) is 0.208. The topological polar surface area (TPSA) is 105 Å². The van der Waals surface area contributed by atoms with Gasteiger partial charge in [-0.2, -0.15) is 0 Å². The predicted molar refractivity (Wildman–Crippen MR) is 121 cm³/mol. The molecule has 7 nitrogen and oxygen atoms in total. The fourth-order valence-corrected chi connectivity index (χ4v) is 4.61. The van der Waals surface area contributed by atoms with Crippen LogP contribution in [0.2, 0.25) is 0 Å². The Balaban J connectivity index is 1.46. The molecule has 0 fully saturated rings. The molecule has 1 aromatic heterocycles. The summed E-state index contributed by atoms with van der Waals surface area (Å²) in [6, 6.07) is 17.3. The Morgan fingerprint density at radius 1 is 0.969 bits per heavy atom. The molecule has 0 spiro atoms. The number of aliphatic carboxylic acids is 1. The van der Waals surface area contributed by atoms with Gasteiger partial charge in [-0.15, -0.1) is 11.3 Å². The van der Waals surface area contributed by atoms with Gasteiger partial charge in [0.2, 0.25) is 5.91 Å². The van der Waals surface area contributed by atoms with Gasteiger partial charge >= 0.3 is 12.1 Å². The van der Waals surface area contributed by atoms with Crippen molar-refractivity contribution in [2.24, 2.45) is 0 Å². The SMILES string of the molecule is C[C@H](NC(=O)C(NC(=O)OCC1c2ccccc2-c2ccccc21)c1cccs1)C(=O)O. The highest BCUT2D eigenvalue weighted by Gasteiger charge is 2.31. The quantitative estimate of drug-likeness (QED) is 0.506. The summed E-state index contributed by atoms with van der Waals surface area (Å²) in [4.78, 5) is 36.9. The van der Waals surface area contributed by atoms with Crippen LogP contribution >= 0.6 is 11.3 Å². The van der Waals surface area contributed by atoms with Crippen molar-refractivity contribution in [2.75, 3.05) is 6.61 Å². The molecule has 0 aliphatic heterocycles. The van der Waals surface area contributed by atoms with Crippen molar-refractivity contribution in [2.45, 2.75) is 24.9 Å². The number of hydrogen-bond acceptors (Lipinski definition) is 5. The highest BCUT2D eigenvalue weighted by molar-refractivity contribution is 7.10. The number of alkyl carbamates (subject to hydrolysis) is 1. The number of hydrogen-bond donors (Lipinski definition) is 3. The largest absolute Gasteiger partial charge is 0.480 e. The summed E-state index contributed by atoms with van der Waals surface area (Å²) in [5, 5.41) is 15.8. The molecule has 4 rings (SSSR count). The molecule has 3 N–H and O–H groups in total. The Bertz CT molecular complexity index is 1100. The van der Waals surface area contributed by atoms with Gasteiger partial charge in [-0.3, -0.25) is 9.59 Å². The minimum atomic E-state index is -1.16. The summed E-state index contributed by atoms with van der Waals surface area (Å²) in [7, 11) is 0. The number of carboxylic acid groups (broad SMARTS) is 1. The maximum Gasteiger partial charge on any atom is 0.408 e. The second-order valence-corrected chi connectivity index (χ2v) is 8.47. The van der Waals surface area contributed by atoms with Crippen LogP contribution in [0.1, 0.15) is 34.9 Å². The van der Waals surface area contributed by atoms with Crippen molar-refractivity contribution < 1.29 is 24.2 Å². The third kappa shape index (κ3) is 4.36. The summed E-state index contributed by atoms with van der Waals surface area (Å²) in [5.74, 6) is -1.88. The molecule has 0 saturated heterocycles. The van der Waals surface area contributed by atoms with Gasteiger partial charge in [-0.05, 0) is 40.6 Å². The molecule has 0 radical (unpaired) electrons. The zero-order valence-corrected chi connectivity index (χ0v) is 18.1. The molecule has 0 saturated carbocycles. The molecule has 1 aliphatic carbocycles. The fourth-order valence-electron chi connectivity index (χ4n) is 3.84. The average molecular weight is 451 g/mol. The molecule has 1 unspecified atom stereocenters. The zero-order chi connectivity index (χ0) is 22.7. The summed E-state index contributed by atoms with van der Waals surface area (Å²) >= 11 is 1.28. The monoisotopic (exact) mass is 450 g/mol. The first-order valence-corrected chi connectivity index (χ1v) is 11.0. The van der Waals surface area contributed by atoms with Crippen LogP contribution in [-0.4, -0.2) is 35.7 Å². The molecule has 2 atom stereocenters. The van der Waals surface area contributed by atoms with Crippen LogP contribution in [0.4, 0.5) is 4.79 Å². The number of rotatable bonds is 7. The van der Waals surface area contributed by atoms with E-state index in [1.807, 2.05) is 36.4 Å². The Morgan fingerprint density at radius 2 is 1.59 bits per heavy atom. The van der Waals surface area contributed by atoms with E-state index in [0.29, 0.717) is 4.88 Å². The van der Waals surface area contributed by atoms with Crippen molar-refractivity contribution in [1.29, 1.82) is 0 Å². The van der Waals surface area contributed by atoms with Crippen LogP contribution in [0.3, 0.4) is 0 Å². The van der Waals surface area contributed by atoms with Crippen molar-refractivity contribution in [3.8, 4) is 11.1 Å². The van der Waals surface area contributed by atoms with E-state index in [4.69, 9.17) is 9.84 Å². The Kier molecular flexibility index (Phi) is 6.23. The van der Waals surface area contributed by atoms with Gasteiger partial charge in [0.05, 0.1) is 0 Å². The van der Waals surface area contributed by atoms with E-state index in [1.165, 1.54) is 18.3 Å². The number of carbonyl (C=O) groups excluding carboxylic acids is 2. The third-order valence-electron chi connectivity index (χ3n) is 5.42. The lowest BCUT2D eigenvalue weighted by Gasteiger charge is -2.20. The van der Waals surface area contributed by atoms with Gasteiger partial charge in [0.25, 0.3) is 0 Å². The first-order valence-electron chi connectivity index (χ1n) is 10.1. The summed E-state index contributed by atoms with van der Waals surface area (Å²) < 4.78 is 5.53. The Morgan fingerprint density at radius 3 is 2.16 bits per heavy atom. The predicted octanol–water partition coefficient (Wildman–Crippen LogP) is 3.92. The van der Waals surface area contributed by atoms with E-state index in [2.05, 4.69) is 22.8 Å². The van der Waals surface area contributed by atoms with Gasteiger partial charge in [0, 0.05) is 10.8 Å². The number of nitrogens with one attached hydrogen (secondary N) is 2. The van der Waals surface area contributed by atoms with E-state index in [-0.39, 0.29) is 12.5 Å². The molecule has 8 heteroatoms. The number of amides is 2. The van der Waals surface area contributed by atoms with Crippen molar-refractivity contribution in [3.63, 3.8) is 0 Å². The number of carbonyl (C=O) groups is 3. The number of benzene rings is 2. The number of carboxylic acids is 1. The van der Waals surface area contributed by atoms with Gasteiger partial charge in [-0.25, -0.2) is 4.79 Å². The third-order valence-corrected chi connectivity index (χ3v) is 6.36. The Hall–Kier alpha value is -3.65. The van der Waals surface area contributed by atoms with E-state index in [1.54, 1.807) is 17.5 Å². The normalized spacial score (nSPS) is 14.0. The molecule has 1 aliphatic rings. The number of thiophene rings is 1. The van der Waals surface area contributed by atoms with Crippen LogP contribution < -0.4 is 10.6 Å². The van der Waals surface area contributed by atoms with Crippen LogP contribution in [0.15, 0.2) is 66.0 Å². The van der Waals surface area contributed by atoms with E-state index in [9.17, 15) is 14.4 Å². The van der Waals surface area contributed by atoms with Crippen molar-refractivity contribution in [1.82, 2.24) is 10.6 Å². The van der Waals surface area contributed by atoms with Gasteiger partial charge in [0.15, 0.2) is 0 Å². The lowest BCUT2D eigenvalue weighted by Crippen LogP contribution is -2.46. The standard InChI is InChI=1S/C24H22N2O5S/c1-14(23(28)29)25-22(27)21(20-11-6-12-32-20)26-24(30)31-13-19-17-9-4-2-7-15(17)16-8-3-5-10-18(16)19/h2-12,14,19,21H,13H2,1H3,(H,25,27)(H,26,30)(H,28,29)/t14-,21?/m0/s1. The molecular formula is C24H22N2O5S. The van der Waals surface area contributed by atoms with Crippen LogP contribution in [0, 0.1) is 0 Å². The first-order chi connectivity index (χ1) is 15.5. The summed E-state index contributed by atoms with van der Waals surface area (Å²) in [6.45, 7) is 1.48. The summed E-state index contributed by atoms with van der Waals surface area (Å²) in [6.07, 6.45) is -0.747. The van der Waals surface area contributed by atoms with E-state index >= 15 is 0 Å². The van der Waals surface area contributed by atoms with Gasteiger partial charge in [0.1, 0.15) is 18.7 Å².